The Bertz CT molecular complexity index is 1000. The summed E-state index contributed by atoms with van der Waals surface area (Å²) in [4.78, 5) is 114. The van der Waals surface area contributed by atoms with Crippen LogP contribution in [0.2, 0.25) is 65.0 Å². The zero-order valence-corrected chi connectivity index (χ0v) is 47.9. The lowest BCUT2D eigenvalue weighted by atomic mass is 10.5. The monoisotopic (exact) mass is 1020 g/mol. The van der Waals surface area contributed by atoms with Crippen molar-refractivity contribution >= 4 is 155 Å². The third-order valence-corrected chi connectivity index (χ3v) is 150. The zero-order chi connectivity index (χ0) is 40.1. The second kappa shape index (κ2) is 23.1. The van der Waals surface area contributed by atoms with Crippen molar-refractivity contribution in [1.29, 1.82) is 0 Å². The molecule has 0 aromatic rings. The second-order valence-corrected chi connectivity index (χ2v) is 94.2. The van der Waals surface area contributed by atoms with Crippen molar-refractivity contribution < 1.29 is 76.8 Å². The molecular formula is C14H50N2O17Si18. The van der Waals surface area contributed by atoms with E-state index in [4.69, 9.17) is 34.5 Å². The molecule has 4 unspecified atom stereocenters. The minimum absolute atomic E-state index is 0.000213. The Kier molecular flexibility index (Phi) is 24.5. The van der Waals surface area contributed by atoms with Crippen LogP contribution in [0, 0.1) is 0 Å². The Morgan fingerprint density at radius 2 is 1.16 bits per heavy atom. The number of nitrogens with one attached hydrogen (secondary N) is 1. The third-order valence-electron chi connectivity index (χ3n) is 7.22. The van der Waals surface area contributed by atoms with Gasteiger partial charge >= 0.3 is 53.8 Å². The molecule has 0 amide bonds. The average molecular weight is 1020 g/mol. The molecule has 0 aliphatic rings. The van der Waals surface area contributed by atoms with Gasteiger partial charge in [-0.25, -0.2) is 0 Å². The zero-order valence-electron chi connectivity index (χ0n) is 29.9. The molecule has 0 bridgehead atoms. The Labute approximate surface area is 331 Å². The van der Waals surface area contributed by atoms with Crippen molar-refractivity contribution in [3.63, 3.8) is 0 Å². The summed E-state index contributed by atoms with van der Waals surface area (Å²) in [7, 11) is -36.0. The van der Waals surface area contributed by atoms with E-state index in [1.165, 1.54) is 19.6 Å². The van der Waals surface area contributed by atoms with E-state index >= 15 is 0 Å². The molecule has 51 heavy (non-hydrogen) atoms. The molecule has 19 nitrogen and oxygen atoms in total. The van der Waals surface area contributed by atoms with Crippen LogP contribution in [0.15, 0.2) is 0 Å². The maximum Gasteiger partial charge on any atom is 0.420 e. The Morgan fingerprint density at radius 1 is 0.627 bits per heavy atom. The molecule has 18 radical (unpaired) electrons. The standard InChI is InChI=1S/C14H50N2O17Si18/c1-34-27-49(40-22,41-23)51(30-37-19,44(5,6)25)48(32-45(7,8)31-43(2,3)4,33-47(38-20,39-21)28-35-17)50(42-24,29-36-18)46(9,26)14-10-12-16-13-11-15/h16-26H,10-15H2,1-9H3. The van der Waals surface area contributed by atoms with E-state index in [2.05, 4.69) is 5.32 Å². The first-order valence-electron chi connectivity index (χ1n) is 15.1. The highest BCUT2D eigenvalue weighted by Crippen LogP contribution is 2.47. The molecular weight excluding hydrogens is 974 g/mol. The first kappa shape index (κ1) is 54.1. The van der Waals surface area contributed by atoms with Crippen LogP contribution < -0.4 is 11.1 Å². The number of nitrogens with two attached hydrogens (primary N) is 1. The molecule has 0 heterocycles. The molecule has 13 N–H and O–H groups in total. The van der Waals surface area contributed by atoms with Crippen LogP contribution >= 0.6 is 0 Å². The topological polar surface area (TPSA) is 305 Å². The Balaban J connectivity index is 9.43. The molecule has 0 aromatic heterocycles. The van der Waals surface area contributed by atoms with Crippen LogP contribution in [-0.4, -0.2) is 222 Å². The highest BCUT2D eigenvalue weighted by atomic mass is 30.3. The summed E-state index contributed by atoms with van der Waals surface area (Å²) in [5, 5.41) is 3.15. The molecule has 290 valence electrons. The summed E-state index contributed by atoms with van der Waals surface area (Å²) in [5.41, 5.74) is 5.64. The van der Waals surface area contributed by atoms with Gasteiger partial charge in [0.15, 0.2) is 8.32 Å². The molecule has 0 rings (SSSR count). The predicted octanol–water partition coefficient (Wildman–Crippen LogP) is -7.76. The first-order chi connectivity index (χ1) is 23.5. The van der Waals surface area contributed by atoms with Gasteiger partial charge in [0, 0.05) is 13.1 Å². The number of hydrogen-bond acceptors (Lipinski definition) is 19. The van der Waals surface area contributed by atoms with Crippen LogP contribution in [0.3, 0.4) is 0 Å². The molecule has 0 fully saturated rings. The molecule has 0 aliphatic heterocycles. The molecule has 0 saturated carbocycles. The SMILES string of the molecule is C[Si]O[Si]([Si]O)([Si]O)[Si](O[Si]O)([Si](C)(C)O)[Si](O[Si](C)(C)O[Si](C)(C)C)(O[Si](O[Si]O)([Si]O)[Si]O)[Si](O[Si]O)([Si]O)[Si](C)(O)CCCNCCN. The highest BCUT2D eigenvalue weighted by molar-refractivity contribution is 8.10. The van der Waals surface area contributed by atoms with Crippen molar-refractivity contribution in [2.75, 3.05) is 19.6 Å². The van der Waals surface area contributed by atoms with Crippen molar-refractivity contribution in [3.8, 4) is 0 Å². The molecule has 4 atom stereocenters. The quantitative estimate of drug-likeness (QED) is 0.0235. The summed E-state index contributed by atoms with van der Waals surface area (Å²) in [6, 6.07) is 0.000213. The van der Waals surface area contributed by atoms with Crippen molar-refractivity contribution in [2.45, 2.75) is 71.4 Å². The van der Waals surface area contributed by atoms with Gasteiger partial charge < -0.3 is 87.8 Å². The molecule has 0 spiro atoms. The van der Waals surface area contributed by atoms with E-state index < -0.39 is 155 Å². The van der Waals surface area contributed by atoms with Crippen LogP contribution in [0.1, 0.15) is 6.42 Å². The van der Waals surface area contributed by atoms with Crippen molar-refractivity contribution in [2.24, 2.45) is 5.73 Å². The fourth-order valence-electron chi connectivity index (χ4n) is 5.69. The van der Waals surface area contributed by atoms with E-state index in [1.807, 2.05) is 19.6 Å². The largest absolute Gasteiger partial charge is 0.458 e. The number of rotatable bonds is 30. The second-order valence-electron chi connectivity index (χ2n) is 13.0. The Hall–Kier alpha value is 3.14. The van der Waals surface area contributed by atoms with Crippen molar-refractivity contribution in [3.05, 3.63) is 0 Å². The fourth-order valence-corrected chi connectivity index (χ4v) is 235. The average Bonchev–Trinajstić information content (AvgIpc) is 3.02. The van der Waals surface area contributed by atoms with Gasteiger partial charge in [-0.2, -0.15) is 0 Å². The van der Waals surface area contributed by atoms with Gasteiger partial charge in [0.1, 0.15) is 0 Å². The van der Waals surface area contributed by atoms with Gasteiger partial charge in [0.25, 0.3) is 32.3 Å². The predicted molar refractivity (Wildman–Crippen MR) is 217 cm³/mol. The van der Waals surface area contributed by atoms with Gasteiger partial charge in [0.2, 0.25) is 60.1 Å². The van der Waals surface area contributed by atoms with Gasteiger partial charge in [-0.1, -0.05) is 0 Å². The lowest BCUT2D eigenvalue weighted by molar-refractivity contribution is 0.307. The van der Waals surface area contributed by atoms with E-state index in [0.29, 0.717) is 26.1 Å². The molecule has 0 aliphatic carbocycles. The van der Waals surface area contributed by atoms with Gasteiger partial charge in [0.05, 0.1) is 0 Å². The summed E-state index contributed by atoms with van der Waals surface area (Å²) in [6.45, 7) is 1.79. The summed E-state index contributed by atoms with van der Waals surface area (Å²) in [6.07, 6.45) is 0.309. The lowest BCUT2D eigenvalue weighted by Gasteiger charge is -2.64. The third kappa shape index (κ3) is 12.6. The van der Waals surface area contributed by atoms with E-state index in [-0.39, 0.29) is 6.04 Å². The molecule has 37 heteroatoms. The molecule has 0 saturated heterocycles. The summed E-state index contributed by atoms with van der Waals surface area (Å²) >= 11 is 0. The van der Waals surface area contributed by atoms with E-state index in [0.717, 1.165) is 0 Å². The van der Waals surface area contributed by atoms with E-state index in [1.54, 1.807) is 19.6 Å². The van der Waals surface area contributed by atoms with Crippen LogP contribution in [-0.2, 0) is 28.8 Å². The van der Waals surface area contributed by atoms with Crippen LogP contribution in [0.25, 0.3) is 0 Å². The summed E-state index contributed by atoms with van der Waals surface area (Å²) < 4.78 is 46.1. The number of hydrogen-bond donors (Lipinski definition) is 12. The van der Waals surface area contributed by atoms with Gasteiger partial charge in [-0.15, -0.1) is 0 Å². The minimum Gasteiger partial charge on any atom is -0.458 e. The van der Waals surface area contributed by atoms with Crippen molar-refractivity contribution in [1.82, 2.24) is 5.32 Å². The first-order valence-corrected chi connectivity index (χ1v) is 55.0. The lowest BCUT2D eigenvalue weighted by Crippen LogP contribution is -3.05. The van der Waals surface area contributed by atoms with Gasteiger partial charge in [-0.3, -0.25) is 0 Å². The smallest absolute Gasteiger partial charge is 0.420 e. The fraction of sp³-hybridized carbons (Fsp3) is 1.00. The normalized spacial score (nSPS) is 18.6. The maximum atomic E-state index is 13.0. The Morgan fingerprint density at radius 3 is 1.53 bits per heavy atom. The van der Waals surface area contributed by atoms with Crippen LogP contribution in [0.5, 0.6) is 0 Å². The van der Waals surface area contributed by atoms with E-state index in [9.17, 15) is 48.0 Å². The van der Waals surface area contributed by atoms with Crippen LogP contribution in [0.4, 0.5) is 0 Å². The highest BCUT2D eigenvalue weighted by Gasteiger charge is 2.91. The summed E-state index contributed by atoms with van der Waals surface area (Å²) in [5.74, 6) is 0. The van der Waals surface area contributed by atoms with Gasteiger partial charge in [-0.05, 0) is 77.9 Å². The minimum atomic E-state index is -5.42. The maximum absolute atomic E-state index is 13.0. The molecule has 0 aromatic carbocycles.